The van der Waals surface area contributed by atoms with Gasteiger partial charge in [-0.25, -0.2) is 9.59 Å². The summed E-state index contributed by atoms with van der Waals surface area (Å²) in [6.07, 6.45) is 12.5. The van der Waals surface area contributed by atoms with E-state index in [1.165, 1.54) is 44.9 Å². The van der Waals surface area contributed by atoms with Crippen molar-refractivity contribution in [2.75, 3.05) is 0 Å². The molecule has 0 radical (unpaired) electrons. The van der Waals surface area contributed by atoms with Gasteiger partial charge >= 0.3 is 11.9 Å². The Morgan fingerprint density at radius 3 is 1.38 bits per heavy atom. The maximum atomic E-state index is 12.2. The van der Waals surface area contributed by atoms with Crippen molar-refractivity contribution in [3.63, 3.8) is 0 Å². The Balaban J connectivity index is 4.25. The molecule has 0 rings (SSSR count). The van der Waals surface area contributed by atoms with E-state index in [-0.39, 0.29) is 43.8 Å². The summed E-state index contributed by atoms with van der Waals surface area (Å²) >= 11 is 0. The first kappa shape index (κ1) is 34.6. The lowest BCUT2D eigenvalue weighted by molar-refractivity contribution is -0.143. The first-order valence-corrected chi connectivity index (χ1v) is 14.0. The minimum Gasteiger partial charge on any atom is -0.480 e. The molecule has 0 heterocycles. The van der Waals surface area contributed by atoms with Crippen LogP contribution in [0.5, 0.6) is 0 Å². The van der Waals surface area contributed by atoms with Gasteiger partial charge in [0, 0.05) is 24.7 Å². The number of hydrogen-bond acceptors (Lipinski definition) is 5. The third-order valence-electron chi connectivity index (χ3n) is 6.43. The molecule has 2 amide bonds. The number of rotatable bonds is 22. The normalized spacial score (nSPS) is 13.0. The van der Waals surface area contributed by atoms with Crippen LogP contribution in [0.25, 0.3) is 0 Å². The molecule has 214 valence electrons. The Kier molecular flexibility index (Phi) is 18.3. The molecule has 0 fully saturated rings. The summed E-state index contributed by atoms with van der Waals surface area (Å²) in [6.45, 7) is 7.42. The first-order chi connectivity index (χ1) is 17.4. The van der Waals surface area contributed by atoms with E-state index in [4.69, 9.17) is 0 Å². The van der Waals surface area contributed by atoms with Crippen LogP contribution in [-0.4, -0.2) is 51.8 Å². The zero-order chi connectivity index (χ0) is 28.3. The quantitative estimate of drug-likeness (QED) is 0.145. The van der Waals surface area contributed by atoms with Gasteiger partial charge in [0.05, 0.1) is 0 Å². The predicted molar refractivity (Wildman–Crippen MR) is 143 cm³/mol. The highest BCUT2D eigenvalue weighted by molar-refractivity contribution is 5.87. The molecule has 0 unspecified atom stereocenters. The largest absolute Gasteiger partial charge is 0.480 e. The average molecular weight is 527 g/mol. The molecular formula is C28H50N2O7. The van der Waals surface area contributed by atoms with Crippen molar-refractivity contribution in [1.82, 2.24) is 10.6 Å². The second-order valence-corrected chi connectivity index (χ2v) is 11.0. The van der Waals surface area contributed by atoms with Gasteiger partial charge in [0.2, 0.25) is 11.8 Å². The molecular weight excluding hydrogens is 476 g/mol. The van der Waals surface area contributed by atoms with Gasteiger partial charge in [0.15, 0.2) is 0 Å². The summed E-state index contributed by atoms with van der Waals surface area (Å²) in [4.78, 5) is 59.4. The minimum atomic E-state index is -1.26. The molecule has 0 saturated heterocycles. The third kappa shape index (κ3) is 18.4. The van der Waals surface area contributed by atoms with Gasteiger partial charge in [-0.3, -0.25) is 14.4 Å². The van der Waals surface area contributed by atoms with Gasteiger partial charge < -0.3 is 20.8 Å². The number of carboxylic acids is 2. The van der Waals surface area contributed by atoms with Crippen molar-refractivity contribution >= 4 is 29.5 Å². The molecule has 0 aromatic heterocycles. The van der Waals surface area contributed by atoms with Gasteiger partial charge in [-0.1, -0.05) is 91.9 Å². The fourth-order valence-corrected chi connectivity index (χ4v) is 3.92. The van der Waals surface area contributed by atoms with Crippen LogP contribution in [0.15, 0.2) is 0 Å². The van der Waals surface area contributed by atoms with Gasteiger partial charge in [-0.05, 0) is 19.3 Å². The molecule has 2 atom stereocenters. The van der Waals surface area contributed by atoms with Crippen LogP contribution in [0, 0.1) is 5.41 Å². The van der Waals surface area contributed by atoms with Crippen LogP contribution in [0.2, 0.25) is 0 Å². The minimum absolute atomic E-state index is 0.00754. The topological polar surface area (TPSA) is 150 Å². The van der Waals surface area contributed by atoms with Crippen molar-refractivity contribution in [2.45, 2.75) is 143 Å². The SMILES string of the molecule is CCCCCCCCCCCCCC(=O)N[C@H](CCC(=O)N[C@@H](CCC(=O)C(C)(C)C)C(=O)O)C(=O)O. The van der Waals surface area contributed by atoms with E-state index in [1.807, 2.05) is 0 Å². The fraction of sp³-hybridized carbons (Fsp3) is 0.821. The highest BCUT2D eigenvalue weighted by atomic mass is 16.4. The van der Waals surface area contributed by atoms with Crippen molar-refractivity contribution in [2.24, 2.45) is 5.41 Å². The predicted octanol–water partition coefficient (Wildman–Crippen LogP) is 5.00. The molecule has 0 aliphatic heterocycles. The van der Waals surface area contributed by atoms with Gasteiger partial charge in [-0.2, -0.15) is 0 Å². The number of amides is 2. The number of Topliss-reactive ketones (excluding diaryl/α,β-unsaturated/α-hetero) is 1. The number of carbonyl (C=O) groups is 5. The zero-order valence-electron chi connectivity index (χ0n) is 23.4. The Labute approximate surface area is 222 Å². The summed E-state index contributed by atoms with van der Waals surface area (Å²) in [5, 5.41) is 23.6. The summed E-state index contributed by atoms with van der Waals surface area (Å²) in [5.41, 5.74) is -0.604. The van der Waals surface area contributed by atoms with E-state index < -0.39 is 35.3 Å². The van der Waals surface area contributed by atoms with Gasteiger partial charge in [-0.15, -0.1) is 0 Å². The molecule has 37 heavy (non-hydrogen) atoms. The number of ketones is 1. The molecule has 0 aromatic rings. The van der Waals surface area contributed by atoms with Gasteiger partial charge in [0.25, 0.3) is 0 Å². The standard InChI is InChI=1S/C28H50N2O7/c1-5-6-7-8-9-10-11-12-13-14-15-16-24(32)29-22(27(36)37)18-20-25(33)30-21(26(34)35)17-19-23(31)28(2,3)4/h21-22H,5-20H2,1-4H3,(H,29,32)(H,30,33)(H,34,35)(H,36,37)/t21-,22+/m0/s1. The maximum absolute atomic E-state index is 12.2. The van der Waals surface area contributed by atoms with E-state index in [0.29, 0.717) is 6.42 Å². The Morgan fingerprint density at radius 1 is 0.595 bits per heavy atom. The fourth-order valence-electron chi connectivity index (χ4n) is 3.92. The zero-order valence-corrected chi connectivity index (χ0v) is 23.4. The summed E-state index contributed by atoms with van der Waals surface area (Å²) in [6, 6.07) is -2.46. The molecule has 9 heteroatoms. The highest BCUT2D eigenvalue weighted by Crippen LogP contribution is 2.18. The third-order valence-corrected chi connectivity index (χ3v) is 6.43. The van der Waals surface area contributed by atoms with Crippen molar-refractivity contribution < 1.29 is 34.2 Å². The van der Waals surface area contributed by atoms with E-state index in [9.17, 15) is 34.2 Å². The van der Waals surface area contributed by atoms with Crippen LogP contribution in [0.4, 0.5) is 0 Å². The molecule has 4 N–H and O–H groups in total. The lowest BCUT2D eigenvalue weighted by Crippen LogP contribution is -2.44. The first-order valence-electron chi connectivity index (χ1n) is 14.0. The summed E-state index contributed by atoms with van der Waals surface area (Å²) < 4.78 is 0. The number of nitrogens with one attached hydrogen (secondary N) is 2. The average Bonchev–Trinajstić information content (AvgIpc) is 2.81. The second kappa shape index (κ2) is 19.6. The molecule has 0 spiro atoms. The Morgan fingerprint density at radius 2 is 0.973 bits per heavy atom. The smallest absolute Gasteiger partial charge is 0.326 e. The number of carboxylic acid groups (broad SMARTS) is 2. The van der Waals surface area contributed by atoms with Crippen molar-refractivity contribution in [1.29, 1.82) is 0 Å². The summed E-state index contributed by atoms with van der Waals surface area (Å²) in [7, 11) is 0. The second-order valence-electron chi connectivity index (χ2n) is 11.0. The molecule has 0 bridgehead atoms. The molecule has 9 nitrogen and oxygen atoms in total. The van der Waals surface area contributed by atoms with E-state index in [0.717, 1.165) is 19.3 Å². The number of hydrogen-bond donors (Lipinski definition) is 4. The molecule has 0 aliphatic carbocycles. The van der Waals surface area contributed by atoms with Gasteiger partial charge in [0.1, 0.15) is 17.9 Å². The summed E-state index contributed by atoms with van der Waals surface area (Å²) in [5.74, 6) is -3.62. The number of carbonyl (C=O) groups excluding carboxylic acids is 3. The Bertz CT molecular complexity index is 716. The molecule has 0 aromatic carbocycles. The van der Waals surface area contributed by atoms with E-state index in [2.05, 4.69) is 17.6 Å². The maximum Gasteiger partial charge on any atom is 0.326 e. The van der Waals surface area contributed by atoms with Crippen LogP contribution in [-0.2, 0) is 24.0 Å². The highest BCUT2D eigenvalue weighted by Gasteiger charge is 2.27. The molecule has 0 aliphatic rings. The van der Waals surface area contributed by atoms with Crippen LogP contribution in [0.3, 0.4) is 0 Å². The lowest BCUT2D eigenvalue weighted by Gasteiger charge is -2.19. The van der Waals surface area contributed by atoms with Crippen molar-refractivity contribution in [3.05, 3.63) is 0 Å². The van der Waals surface area contributed by atoms with Crippen LogP contribution in [0.1, 0.15) is 130 Å². The lowest BCUT2D eigenvalue weighted by atomic mass is 9.87. The van der Waals surface area contributed by atoms with Crippen LogP contribution >= 0.6 is 0 Å². The molecule has 0 saturated carbocycles. The van der Waals surface area contributed by atoms with Crippen LogP contribution < -0.4 is 10.6 Å². The van der Waals surface area contributed by atoms with E-state index in [1.54, 1.807) is 20.8 Å². The van der Waals surface area contributed by atoms with Crippen molar-refractivity contribution in [3.8, 4) is 0 Å². The number of unbranched alkanes of at least 4 members (excludes halogenated alkanes) is 10. The van der Waals surface area contributed by atoms with E-state index >= 15 is 0 Å². The number of aliphatic carboxylic acids is 2. The monoisotopic (exact) mass is 526 g/mol. The Hall–Kier alpha value is -2.45.